The summed E-state index contributed by atoms with van der Waals surface area (Å²) < 4.78 is 11.3. The van der Waals surface area contributed by atoms with Crippen molar-refractivity contribution in [3.8, 4) is 11.3 Å². The molecule has 1 saturated heterocycles. The average Bonchev–Trinajstić information content (AvgIpc) is 3.19. The smallest absolute Gasteiger partial charge is 0.257 e. The molecule has 32 heavy (non-hydrogen) atoms. The van der Waals surface area contributed by atoms with Gasteiger partial charge in [-0.1, -0.05) is 25.3 Å². The van der Waals surface area contributed by atoms with E-state index in [4.69, 9.17) is 0 Å². The molecule has 1 aromatic carbocycles. The number of nitrogens with one attached hydrogen (secondary N) is 2. The first-order chi connectivity index (χ1) is 15.4. The molecule has 0 radical (unpaired) electrons. The Morgan fingerprint density at radius 1 is 1.09 bits per heavy atom. The number of hydrogen-bond acceptors (Lipinski definition) is 4. The van der Waals surface area contributed by atoms with Crippen LogP contribution in [0.4, 0.5) is 0 Å². The Kier molecular flexibility index (Phi) is 6.89. The SMILES string of the molecule is C=C/C=c1/[nH]c(=O)c(-c2cc3cc(CN4CCN(CCS(C)=O)CC4)ccc3[nH]2)cc1=C. The standard InChI is InChI=1S/C25H30N4O2S/c1-4-5-22-18(2)14-21(25(30)27-22)24-16-20-15-19(6-7-23(20)26-24)17-29-10-8-28(9-11-29)12-13-32(3)31/h4-7,14-16,26H,1-2,8-13,17H2,3H3,(H,27,30)/b22-5+. The van der Waals surface area contributed by atoms with Gasteiger partial charge in [-0.25, -0.2) is 0 Å². The van der Waals surface area contributed by atoms with E-state index in [1.807, 2.05) is 12.1 Å². The zero-order valence-corrected chi connectivity index (χ0v) is 19.3. The Hall–Kier alpha value is -2.74. The van der Waals surface area contributed by atoms with Gasteiger partial charge in [-0.05, 0) is 41.1 Å². The number of rotatable bonds is 7. The van der Waals surface area contributed by atoms with Gasteiger partial charge in [-0.3, -0.25) is 18.8 Å². The van der Waals surface area contributed by atoms with Crippen LogP contribution in [-0.4, -0.2) is 68.7 Å². The van der Waals surface area contributed by atoms with E-state index in [2.05, 4.69) is 51.1 Å². The van der Waals surface area contributed by atoms with Crippen LogP contribution >= 0.6 is 0 Å². The van der Waals surface area contributed by atoms with Gasteiger partial charge in [-0.15, -0.1) is 0 Å². The second-order valence-electron chi connectivity index (χ2n) is 8.35. The van der Waals surface area contributed by atoms with Crippen molar-refractivity contribution in [3.05, 3.63) is 69.5 Å². The third kappa shape index (κ3) is 5.18. The highest BCUT2D eigenvalue weighted by Crippen LogP contribution is 2.23. The zero-order valence-electron chi connectivity index (χ0n) is 18.5. The molecule has 7 heteroatoms. The molecule has 0 amide bonds. The van der Waals surface area contributed by atoms with E-state index in [0.717, 1.165) is 66.8 Å². The molecule has 168 valence electrons. The normalized spacial score (nSPS) is 17.1. The Morgan fingerprint density at radius 3 is 2.56 bits per heavy atom. The van der Waals surface area contributed by atoms with Gasteiger partial charge in [0, 0.05) is 78.3 Å². The molecule has 6 nitrogen and oxygen atoms in total. The van der Waals surface area contributed by atoms with Crippen molar-refractivity contribution in [1.29, 1.82) is 0 Å². The molecule has 1 aliphatic rings. The number of pyridine rings is 1. The molecule has 4 rings (SSSR count). The van der Waals surface area contributed by atoms with E-state index in [-0.39, 0.29) is 5.56 Å². The number of benzene rings is 1. The highest BCUT2D eigenvalue weighted by Gasteiger charge is 2.17. The largest absolute Gasteiger partial charge is 0.354 e. The summed E-state index contributed by atoms with van der Waals surface area (Å²) in [6, 6.07) is 10.3. The van der Waals surface area contributed by atoms with Crippen molar-refractivity contribution in [2.45, 2.75) is 6.54 Å². The molecule has 0 saturated carbocycles. The molecule has 0 aliphatic carbocycles. The second-order valence-corrected chi connectivity index (χ2v) is 9.91. The molecular formula is C25H30N4O2S. The minimum absolute atomic E-state index is 0.151. The van der Waals surface area contributed by atoms with Gasteiger partial charge in [0.2, 0.25) is 0 Å². The highest BCUT2D eigenvalue weighted by molar-refractivity contribution is 7.84. The van der Waals surface area contributed by atoms with Crippen LogP contribution < -0.4 is 16.1 Å². The summed E-state index contributed by atoms with van der Waals surface area (Å²) >= 11 is 0. The Labute approximate surface area is 190 Å². The quantitative estimate of drug-likeness (QED) is 0.571. The van der Waals surface area contributed by atoms with Crippen molar-refractivity contribution in [2.24, 2.45) is 0 Å². The Bertz CT molecular complexity index is 1320. The fraction of sp³-hybridized carbons (Fsp3) is 0.320. The lowest BCUT2D eigenvalue weighted by atomic mass is 10.1. The molecule has 2 N–H and O–H groups in total. The summed E-state index contributed by atoms with van der Waals surface area (Å²) in [5, 5.41) is 2.52. The van der Waals surface area contributed by atoms with E-state index < -0.39 is 10.8 Å². The molecule has 0 spiro atoms. The first kappa shape index (κ1) is 22.5. The molecule has 1 atom stereocenters. The Morgan fingerprint density at radius 2 is 1.84 bits per heavy atom. The van der Waals surface area contributed by atoms with E-state index in [1.54, 1.807) is 18.4 Å². The van der Waals surface area contributed by atoms with E-state index in [1.165, 1.54) is 5.56 Å². The summed E-state index contributed by atoms with van der Waals surface area (Å²) in [7, 11) is -0.727. The topological polar surface area (TPSA) is 72.2 Å². The predicted octanol–water partition coefficient (Wildman–Crippen LogP) is 1.40. The summed E-state index contributed by atoms with van der Waals surface area (Å²) in [5.74, 6) is 0.750. The second kappa shape index (κ2) is 9.81. The number of hydrogen-bond donors (Lipinski definition) is 2. The minimum atomic E-state index is -0.727. The number of allylic oxidation sites excluding steroid dienone is 1. The number of nitrogens with zero attached hydrogens (tertiary/aromatic N) is 2. The molecule has 1 fully saturated rings. The maximum absolute atomic E-state index is 12.6. The number of H-pyrrole nitrogens is 2. The summed E-state index contributed by atoms with van der Waals surface area (Å²) in [5.41, 5.74) is 3.48. The lowest BCUT2D eigenvalue weighted by Gasteiger charge is -2.34. The lowest BCUT2D eigenvalue weighted by Crippen LogP contribution is -2.46. The fourth-order valence-electron chi connectivity index (χ4n) is 4.17. The van der Waals surface area contributed by atoms with Crippen molar-refractivity contribution >= 4 is 34.4 Å². The van der Waals surface area contributed by atoms with Gasteiger partial charge in [0.05, 0.1) is 11.3 Å². The van der Waals surface area contributed by atoms with Crippen LogP contribution in [0, 0.1) is 0 Å². The van der Waals surface area contributed by atoms with Crippen molar-refractivity contribution < 1.29 is 4.21 Å². The van der Waals surface area contributed by atoms with Gasteiger partial charge in [0.15, 0.2) is 0 Å². The van der Waals surface area contributed by atoms with Crippen LogP contribution in [-0.2, 0) is 17.3 Å². The lowest BCUT2D eigenvalue weighted by molar-refractivity contribution is 0.132. The molecule has 1 aliphatic heterocycles. The maximum Gasteiger partial charge on any atom is 0.257 e. The third-order valence-electron chi connectivity index (χ3n) is 5.98. The van der Waals surface area contributed by atoms with Crippen LogP contribution in [0.25, 0.3) is 34.8 Å². The third-order valence-corrected chi connectivity index (χ3v) is 6.74. The number of fused-ring (bicyclic) bond motifs is 1. The van der Waals surface area contributed by atoms with Crippen LogP contribution in [0.15, 0.2) is 47.8 Å². The average molecular weight is 451 g/mol. The molecular weight excluding hydrogens is 420 g/mol. The van der Waals surface area contributed by atoms with Crippen LogP contribution in [0.5, 0.6) is 0 Å². The van der Waals surface area contributed by atoms with Gasteiger partial charge < -0.3 is 9.97 Å². The number of aromatic amines is 2. The fourth-order valence-corrected chi connectivity index (χ4v) is 4.68. The van der Waals surface area contributed by atoms with Crippen LogP contribution in [0.1, 0.15) is 5.56 Å². The molecule has 3 aromatic rings. The van der Waals surface area contributed by atoms with Crippen LogP contribution in [0.3, 0.4) is 0 Å². The van der Waals surface area contributed by atoms with Crippen molar-refractivity contribution in [1.82, 2.24) is 19.8 Å². The van der Waals surface area contributed by atoms with Gasteiger partial charge in [0.1, 0.15) is 0 Å². The maximum atomic E-state index is 12.6. The summed E-state index contributed by atoms with van der Waals surface area (Å²) in [6.07, 6.45) is 5.15. The number of piperazine rings is 1. The predicted molar refractivity (Wildman–Crippen MR) is 134 cm³/mol. The van der Waals surface area contributed by atoms with E-state index in [0.29, 0.717) is 10.9 Å². The van der Waals surface area contributed by atoms with E-state index >= 15 is 0 Å². The minimum Gasteiger partial charge on any atom is -0.354 e. The van der Waals surface area contributed by atoms with Crippen LogP contribution in [0.2, 0.25) is 0 Å². The monoisotopic (exact) mass is 450 g/mol. The molecule has 2 aromatic heterocycles. The van der Waals surface area contributed by atoms with Crippen molar-refractivity contribution in [2.75, 3.05) is 44.7 Å². The molecule has 1 unspecified atom stereocenters. The van der Waals surface area contributed by atoms with E-state index in [9.17, 15) is 9.00 Å². The highest BCUT2D eigenvalue weighted by atomic mass is 32.2. The van der Waals surface area contributed by atoms with Gasteiger partial charge in [-0.2, -0.15) is 0 Å². The number of aromatic nitrogens is 2. The summed E-state index contributed by atoms with van der Waals surface area (Å²) in [6.45, 7) is 13.6. The first-order valence-corrected chi connectivity index (χ1v) is 12.6. The zero-order chi connectivity index (χ0) is 22.7. The van der Waals surface area contributed by atoms with Crippen molar-refractivity contribution in [3.63, 3.8) is 0 Å². The molecule has 3 heterocycles. The first-order valence-electron chi connectivity index (χ1n) is 10.8. The summed E-state index contributed by atoms with van der Waals surface area (Å²) in [4.78, 5) is 23.7. The molecule has 0 bridgehead atoms. The van der Waals surface area contributed by atoms with Gasteiger partial charge in [0.25, 0.3) is 5.56 Å². The van der Waals surface area contributed by atoms with Gasteiger partial charge >= 0.3 is 0 Å². The Balaban J connectivity index is 1.49.